The van der Waals surface area contributed by atoms with E-state index in [-0.39, 0.29) is 11.9 Å². The van der Waals surface area contributed by atoms with Gasteiger partial charge in [-0.15, -0.1) is 0 Å². The van der Waals surface area contributed by atoms with Gasteiger partial charge in [0.25, 0.3) is 5.91 Å². The summed E-state index contributed by atoms with van der Waals surface area (Å²) in [5.74, 6) is 0.805. The van der Waals surface area contributed by atoms with Gasteiger partial charge in [0.05, 0.1) is 6.26 Å². The van der Waals surface area contributed by atoms with Crippen molar-refractivity contribution in [1.29, 1.82) is 0 Å². The fourth-order valence-corrected chi connectivity index (χ4v) is 2.08. The fraction of sp³-hybridized carbons (Fsp3) is 0.312. The first-order valence-corrected chi connectivity index (χ1v) is 6.81. The molecule has 0 saturated heterocycles. The van der Waals surface area contributed by atoms with Crippen molar-refractivity contribution in [3.05, 3.63) is 59.5 Å². The lowest BCUT2D eigenvalue weighted by molar-refractivity contribution is 0.0939. The van der Waals surface area contributed by atoms with E-state index in [1.165, 1.54) is 0 Å². The minimum Gasteiger partial charge on any atom is -0.469 e. The third-order valence-corrected chi connectivity index (χ3v) is 3.11. The minimum atomic E-state index is -0.0663. The minimum absolute atomic E-state index is 0.0253. The van der Waals surface area contributed by atoms with Gasteiger partial charge in [0.1, 0.15) is 5.76 Å². The summed E-state index contributed by atoms with van der Waals surface area (Å²) in [7, 11) is 0. The molecule has 1 aromatic carbocycles. The monoisotopic (exact) mass is 272 g/mol. The lowest BCUT2D eigenvalue weighted by Crippen LogP contribution is -2.33. The van der Waals surface area contributed by atoms with Crippen LogP contribution in [0.25, 0.3) is 0 Å². The smallest absolute Gasteiger partial charge is 0.251 e. The van der Waals surface area contributed by atoms with Gasteiger partial charge in [0, 0.05) is 18.0 Å². The van der Waals surface area contributed by atoms with Crippen molar-refractivity contribution in [3.63, 3.8) is 0 Å². The van der Waals surface area contributed by atoms with E-state index in [0.29, 0.717) is 18.5 Å². The Hall–Kier alpha value is -2.07. The highest BCUT2D eigenvalue weighted by Crippen LogP contribution is 2.07. The van der Waals surface area contributed by atoms with Gasteiger partial charge in [-0.1, -0.05) is 12.1 Å². The highest BCUT2D eigenvalue weighted by molar-refractivity contribution is 5.94. The van der Waals surface area contributed by atoms with E-state index >= 15 is 0 Å². The van der Waals surface area contributed by atoms with Gasteiger partial charge >= 0.3 is 0 Å². The number of amides is 1. The summed E-state index contributed by atoms with van der Waals surface area (Å²) < 4.78 is 5.27. The third-order valence-electron chi connectivity index (χ3n) is 3.11. The van der Waals surface area contributed by atoms with E-state index in [2.05, 4.69) is 5.32 Å². The topological polar surface area (TPSA) is 68.3 Å². The highest BCUT2D eigenvalue weighted by atomic mass is 16.3. The Balaban J connectivity index is 1.90. The molecule has 0 fully saturated rings. The molecule has 0 spiro atoms. The van der Waals surface area contributed by atoms with E-state index in [1.54, 1.807) is 6.26 Å². The maximum absolute atomic E-state index is 12.1. The van der Waals surface area contributed by atoms with Crippen molar-refractivity contribution in [2.45, 2.75) is 25.8 Å². The molecule has 20 heavy (non-hydrogen) atoms. The Bertz CT molecular complexity index is 532. The van der Waals surface area contributed by atoms with Gasteiger partial charge in [0.2, 0.25) is 0 Å². The van der Waals surface area contributed by atoms with Crippen LogP contribution in [-0.2, 0) is 12.8 Å². The molecule has 3 N–H and O–H groups in total. The second-order valence-corrected chi connectivity index (χ2v) is 4.89. The molecule has 0 aliphatic heterocycles. The number of hydrogen-bond donors (Lipinski definition) is 2. The number of carbonyl (C=O) groups is 1. The summed E-state index contributed by atoms with van der Waals surface area (Å²) in [6.07, 6.45) is 3.15. The normalized spacial score (nSPS) is 12.1. The average molecular weight is 272 g/mol. The van der Waals surface area contributed by atoms with Gasteiger partial charge in [-0.2, -0.15) is 0 Å². The highest BCUT2D eigenvalue weighted by Gasteiger charge is 2.11. The number of carbonyl (C=O) groups excluding carboxylic acids is 1. The van der Waals surface area contributed by atoms with Crippen LogP contribution in [0.2, 0.25) is 0 Å². The predicted octanol–water partition coefficient (Wildman–Crippen LogP) is 2.14. The van der Waals surface area contributed by atoms with Gasteiger partial charge in [-0.25, -0.2) is 0 Å². The number of benzene rings is 1. The SMILES string of the molecule is CC(Cc1ccco1)NC(=O)c1ccc(CCN)cc1. The van der Waals surface area contributed by atoms with Crippen molar-refractivity contribution in [2.75, 3.05) is 6.54 Å². The number of nitrogens with two attached hydrogens (primary N) is 1. The van der Waals surface area contributed by atoms with E-state index in [0.717, 1.165) is 17.7 Å². The lowest BCUT2D eigenvalue weighted by atomic mass is 10.1. The molecular formula is C16H20N2O2. The molecule has 1 aromatic heterocycles. The molecule has 1 amide bonds. The quantitative estimate of drug-likeness (QED) is 0.846. The van der Waals surface area contributed by atoms with Crippen LogP contribution < -0.4 is 11.1 Å². The number of nitrogens with one attached hydrogen (secondary N) is 1. The average Bonchev–Trinajstić information content (AvgIpc) is 2.92. The number of furan rings is 1. The Morgan fingerprint density at radius 3 is 2.65 bits per heavy atom. The van der Waals surface area contributed by atoms with Crippen LogP contribution in [0.4, 0.5) is 0 Å². The molecule has 0 radical (unpaired) electrons. The number of hydrogen-bond acceptors (Lipinski definition) is 3. The summed E-state index contributed by atoms with van der Waals surface area (Å²) in [6, 6.07) is 11.3. The van der Waals surface area contributed by atoms with Crippen LogP contribution in [0.15, 0.2) is 47.1 Å². The second kappa shape index (κ2) is 6.91. The first kappa shape index (κ1) is 14.3. The molecule has 2 aromatic rings. The predicted molar refractivity (Wildman–Crippen MR) is 78.5 cm³/mol. The molecule has 0 aliphatic rings. The molecule has 0 bridgehead atoms. The van der Waals surface area contributed by atoms with E-state index in [9.17, 15) is 4.79 Å². The molecule has 4 heteroatoms. The summed E-state index contributed by atoms with van der Waals surface area (Å²) in [5, 5.41) is 2.96. The Morgan fingerprint density at radius 1 is 1.30 bits per heavy atom. The first-order chi connectivity index (χ1) is 9.69. The first-order valence-electron chi connectivity index (χ1n) is 6.81. The zero-order valence-corrected chi connectivity index (χ0v) is 11.6. The Kier molecular flexibility index (Phi) is 4.96. The molecule has 1 atom stereocenters. The summed E-state index contributed by atoms with van der Waals surface area (Å²) in [5.41, 5.74) is 7.31. The van der Waals surface area contributed by atoms with Gasteiger partial charge < -0.3 is 15.5 Å². The maximum Gasteiger partial charge on any atom is 0.251 e. The molecule has 106 valence electrons. The standard InChI is InChI=1S/C16H20N2O2/c1-12(11-15-3-2-10-20-15)18-16(19)14-6-4-13(5-7-14)8-9-17/h2-7,10,12H,8-9,11,17H2,1H3,(H,18,19). The van der Waals surface area contributed by atoms with Gasteiger partial charge in [-0.05, 0) is 49.7 Å². The van der Waals surface area contributed by atoms with E-state index in [4.69, 9.17) is 10.2 Å². The fourth-order valence-electron chi connectivity index (χ4n) is 2.08. The molecule has 0 saturated carbocycles. The van der Waals surface area contributed by atoms with Crippen molar-refractivity contribution < 1.29 is 9.21 Å². The van der Waals surface area contributed by atoms with Crippen LogP contribution >= 0.6 is 0 Å². The van der Waals surface area contributed by atoms with Gasteiger partial charge in [0.15, 0.2) is 0 Å². The Morgan fingerprint density at radius 2 is 2.05 bits per heavy atom. The maximum atomic E-state index is 12.1. The van der Waals surface area contributed by atoms with Crippen molar-refractivity contribution in [2.24, 2.45) is 5.73 Å². The van der Waals surface area contributed by atoms with Crippen LogP contribution in [0.5, 0.6) is 0 Å². The zero-order valence-electron chi connectivity index (χ0n) is 11.6. The van der Waals surface area contributed by atoms with Crippen LogP contribution in [-0.4, -0.2) is 18.5 Å². The number of rotatable bonds is 6. The summed E-state index contributed by atoms with van der Waals surface area (Å²) in [6.45, 7) is 2.58. The van der Waals surface area contributed by atoms with E-state index in [1.807, 2.05) is 43.3 Å². The van der Waals surface area contributed by atoms with Crippen molar-refractivity contribution >= 4 is 5.91 Å². The van der Waals surface area contributed by atoms with Gasteiger partial charge in [-0.3, -0.25) is 4.79 Å². The third kappa shape index (κ3) is 3.96. The molecule has 0 aliphatic carbocycles. The lowest BCUT2D eigenvalue weighted by Gasteiger charge is -2.12. The van der Waals surface area contributed by atoms with E-state index < -0.39 is 0 Å². The molecule has 2 rings (SSSR count). The van der Waals surface area contributed by atoms with Crippen LogP contribution in [0, 0.1) is 0 Å². The van der Waals surface area contributed by atoms with Crippen molar-refractivity contribution in [1.82, 2.24) is 5.32 Å². The van der Waals surface area contributed by atoms with Crippen LogP contribution in [0.1, 0.15) is 28.6 Å². The molecule has 1 unspecified atom stereocenters. The molecular weight excluding hydrogens is 252 g/mol. The second-order valence-electron chi connectivity index (χ2n) is 4.89. The largest absolute Gasteiger partial charge is 0.469 e. The van der Waals surface area contributed by atoms with Crippen molar-refractivity contribution in [3.8, 4) is 0 Å². The van der Waals surface area contributed by atoms with Crippen LogP contribution in [0.3, 0.4) is 0 Å². The summed E-state index contributed by atoms with van der Waals surface area (Å²) >= 11 is 0. The zero-order chi connectivity index (χ0) is 14.4. The Labute approximate surface area is 119 Å². The summed E-state index contributed by atoms with van der Waals surface area (Å²) in [4.78, 5) is 12.1. The molecule has 1 heterocycles. The molecule has 4 nitrogen and oxygen atoms in total.